The van der Waals surface area contributed by atoms with Crippen molar-refractivity contribution in [1.29, 1.82) is 0 Å². The highest BCUT2D eigenvalue weighted by atomic mass is 16.6. The number of rotatable bonds is 2. The summed E-state index contributed by atoms with van der Waals surface area (Å²) < 4.78 is 0. The normalized spacial score (nSPS) is 7.71. The second kappa shape index (κ2) is 31.0. The Morgan fingerprint density at radius 2 is 1.00 bits per heavy atom. The fourth-order valence-corrected chi connectivity index (χ4v) is 0.204. The third-order valence-corrected chi connectivity index (χ3v) is 0.558. The van der Waals surface area contributed by atoms with Gasteiger partial charge in [-0.15, -0.1) is 0 Å². The van der Waals surface area contributed by atoms with Crippen LogP contribution >= 0.6 is 0 Å². The maximum absolute atomic E-state index is 8.56. The average molecular weight is 315 g/mol. The van der Waals surface area contributed by atoms with Crippen LogP contribution in [-0.4, -0.2) is 51.4 Å². The first-order chi connectivity index (χ1) is 9.34. The van der Waals surface area contributed by atoms with E-state index in [1.54, 1.807) is 0 Å². The molecule has 0 aliphatic heterocycles. The molecular weight excluding hydrogens is 282 g/mol. The molecule has 0 rings (SSSR count). The average Bonchev–Trinajstić information content (AvgIpc) is 2.14. The number of nitrogens with two attached hydrogens (primary N) is 3. The summed E-state index contributed by atoms with van der Waals surface area (Å²) in [4.78, 5) is 17.1. The molecule has 9 nitrogen and oxygen atoms in total. The molecule has 0 atom stereocenters. The van der Waals surface area contributed by atoms with Crippen LogP contribution in [0.2, 0.25) is 0 Å². The molecule has 0 fully saturated rings. The topological polar surface area (TPSA) is 193 Å². The summed E-state index contributed by atoms with van der Waals surface area (Å²) in [5, 5.41) is 27.9. The van der Waals surface area contributed by atoms with Crippen LogP contribution in [0.15, 0.2) is 0 Å². The van der Waals surface area contributed by atoms with E-state index in [0.717, 1.165) is 6.54 Å². The smallest absolute Gasteiger partial charge is 0.450 e. The molecule has 0 aliphatic rings. The molecule has 0 bridgehead atoms. The minimum atomic E-state index is -1.83. The third-order valence-electron chi connectivity index (χ3n) is 0.558. The van der Waals surface area contributed by atoms with Crippen molar-refractivity contribution in [3.63, 3.8) is 0 Å². The SMILES string of the molecule is CC(C)N.CC(C)N.CCCCN.O=C(O)O.O=C(O)O. The molecule has 0 aromatic heterocycles. The lowest BCUT2D eigenvalue weighted by Crippen LogP contribution is -2.07. The molecule has 0 aromatic rings. The van der Waals surface area contributed by atoms with Gasteiger partial charge in [0.25, 0.3) is 0 Å². The van der Waals surface area contributed by atoms with E-state index in [2.05, 4.69) is 6.92 Å². The van der Waals surface area contributed by atoms with Crippen LogP contribution in [-0.2, 0) is 0 Å². The molecule has 0 radical (unpaired) electrons. The van der Waals surface area contributed by atoms with Gasteiger partial charge in [0.05, 0.1) is 0 Å². The molecule has 9 heteroatoms. The van der Waals surface area contributed by atoms with E-state index in [1.807, 2.05) is 27.7 Å². The zero-order chi connectivity index (χ0) is 18.4. The predicted molar refractivity (Wildman–Crippen MR) is 83.9 cm³/mol. The first kappa shape index (κ1) is 31.7. The molecule has 0 saturated heterocycles. The van der Waals surface area contributed by atoms with E-state index in [1.165, 1.54) is 12.8 Å². The summed E-state index contributed by atoms with van der Waals surface area (Å²) in [6.45, 7) is 10.8. The van der Waals surface area contributed by atoms with Crippen molar-refractivity contribution in [3.8, 4) is 0 Å². The number of hydrogen-bond donors (Lipinski definition) is 7. The van der Waals surface area contributed by atoms with Crippen LogP contribution < -0.4 is 17.2 Å². The highest BCUT2D eigenvalue weighted by Gasteiger charge is 1.70. The molecule has 132 valence electrons. The van der Waals surface area contributed by atoms with Gasteiger partial charge in [0.1, 0.15) is 0 Å². The van der Waals surface area contributed by atoms with E-state index < -0.39 is 12.3 Å². The fourth-order valence-electron chi connectivity index (χ4n) is 0.204. The number of carboxylic acid groups (broad SMARTS) is 4. The van der Waals surface area contributed by atoms with Gasteiger partial charge >= 0.3 is 12.3 Å². The molecular formula is C12H33N3O6. The highest BCUT2D eigenvalue weighted by Crippen LogP contribution is 1.77. The highest BCUT2D eigenvalue weighted by molar-refractivity contribution is 5.53. The van der Waals surface area contributed by atoms with Gasteiger partial charge in [-0.25, -0.2) is 9.59 Å². The minimum absolute atomic E-state index is 0.333. The molecule has 0 unspecified atom stereocenters. The maximum atomic E-state index is 8.56. The molecule has 0 saturated carbocycles. The number of hydrogen-bond acceptors (Lipinski definition) is 5. The van der Waals surface area contributed by atoms with Crippen molar-refractivity contribution >= 4 is 12.3 Å². The zero-order valence-electron chi connectivity index (χ0n) is 13.6. The first-order valence-corrected chi connectivity index (χ1v) is 6.39. The van der Waals surface area contributed by atoms with Crippen molar-refractivity contribution in [3.05, 3.63) is 0 Å². The molecule has 0 aromatic carbocycles. The summed E-state index contributed by atoms with van der Waals surface area (Å²) in [5.74, 6) is 0. The summed E-state index contributed by atoms with van der Waals surface area (Å²) >= 11 is 0. The quantitative estimate of drug-likeness (QED) is 0.398. The molecule has 0 spiro atoms. The van der Waals surface area contributed by atoms with E-state index in [-0.39, 0.29) is 0 Å². The minimum Gasteiger partial charge on any atom is -0.450 e. The Hall–Kier alpha value is -1.58. The molecule has 0 amide bonds. The Labute approximate surface area is 126 Å². The molecule has 21 heavy (non-hydrogen) atoms. The largest absolute Gasteiger partial charge is 0.503 e. The van der Waals surface area contributed by atoms with Crippen LogP contribution in [0.5, 0.6) is 0 Å². The maximum Gasteiger partial charge on any atom is 0.503 e. The lowest BCUT2D eigenvalue weighted by atomic mass is 10.3. The van der Waals surface area contributed by atoms with Crippen molar-refractivity contribution in [1.82, 2.24) is 0 Å². The third kappa shape index (κ3) is 28200. The van der Waals surface area contributed by atoms with Crippen LogP contribution in [0.25, 0.3) is 0 Å². The Morgan fingerprint density at radius 3 is 1.00 bits per heavy atom. The van der Waals surface area contributed by atoms with Gasteiger partial charge in [0.15, 0.2) is 0 Å². The monoisotopic (exact) mass is 315 g/mol. The summed E-state index contributed by atoms with van der Waals surface area (Å²) in [6, 6.07) is 0.667. The van der Waals surface area contributed by atoms with Gasteiger partial charge in [0.2, 0.25) is 0 Å². The van der Waals surface area contributed by atoms with Crippen LogP contribution in [0.4, 0.5) is 9.59 Å². The second-order valence-electron chi connectivity index (χ2n) is 4.20. The molecule has 0 heterocycles. The Bertz CT molecular complexity index is 168. The molecule has 10 N–H and O–H groups in total. The Balaban J connectivity index is -0.0000000510. The predicted octanol–water partition coefficient (Wildman–Crippen LogP) is 1.90. The summed E-state index contributed by atoms with van der Waals surface area (Å²) in [5.41, 5.74) is 15.4. The van der Waals surface area contributed by atoms with Gasteiger partial charge in [-0.1, -0.05) is 41.0 Å². The first-order valence-electron chi connectivity index (χ1n) is 6.39. The van der Waals surface area contributed by atoms with Gasteiger partial charge in [0, 0.05) is 0 Å². The second-order valence-corrected chi connectivity index (χ2v) is 4.20. The van der Waals surface area contributed by atoms with Gasteiger partial charge < -0.3 is 37.6 Å². The number of carbonyl (C=O) groups is 2. The summed E-state index contributed by atoms with van der Waals surface area (Å²) in [7, 11) is 0. The van der Waals surface area contributed by atoms with Crippen LogP contribution in [0.1, 0.15) is 47.5 Å². The van der Waals surface area contributed by atoms with Crippen molar-refractivity contribution in [2.24, 2.45) is 17.2 Å². The van der Waals surface area contributed by atoms with E-state index in [0.29, 0.717) is 12.1 Å². The lowest BCUT2D eigenvalue weighted by molar-refractivity contribution is 0.135. The lowest BCUT2D eigenvalue weighted by Gasteiger charge is -1.81. The van der Waals surface area contributed by atoms with Crippen molar-refractivity contribution in [2.45, 2.75) is 59.5 Å². The Morgan fingerprint density at radius 1 is 0.857 bits per heavy atom. The summed E-state index contributed by atoms with van der Waals surface area (Å²) in [6.07, 6.45) is -1.28. The fraction of sp³-hybridized carbons (Fsp3) is 0.833. The van der Waals surface area contributed by atoms with Gasteiger partial charge in [-0.05, 0) is 25.0 Å². The van der Waals surface area contributed by atoms with Gasteiger partial charge in [-0.2, -0.15) is 0 Å². The van der Waals surface area contributed by atoms with Crippen LogP contribution in [0.3, 0.4) is 0 Å². The Kier molecular flexibility index (Phi) is 46.8. The zero-order valence-corrected chi connectivity index (χ0v) is 13.6. The number of unbranched alkanes of at least 4 members (excludes halogenated alkanes) is 1. The van der Waals surface area contributed by atoms with Crippen molar-refractivity contribution in [2.75, 3.05) is 6.54 Å². The standard InChI is InChI=1S/C4H11N.2C3H9N.2CH2O3/c1-2-3-4-5;2*1-3(2)4;2*2-1(3)4/h2-5H2,1H3;2*3H,4H2,1-2H3;2*(H2,2,3,4). The van der Waals surface area contributed by atoms with E-state index in [9.17, 15) is 0 Å². The molecule has 0 aliphatic carbocycles. The van der Waals surface area contributed by atoms with Crippen LogP contribution in [0, 0.1) is 0 Å². The van der Waals surface area contributed by atoms with E-state index in [4.69, 9.17) is 47.2 Å². The van der Waals surface area contributed by atoms with Gasteiger partial charge in [-0.3, -0.25) is 0 Å². The van der Waals surface area contributed by atoms with Crippen molar-refractivity contribution < 1.29 is 30.0 Å². The van der Waals surface area contributed by atoms with E-state index >= 15 is 0 Å².